The summed E-state index contributed by atoms with van der Waals surface area (Å²) in [5, 5.41) is 5.71. The van der Waals surface area contributed by atoms with E-state index >= 15 is 0 Å². The number of carbonyl (C=O) groups is 2. The van der Waals surface area contributed by atoms with Gasteiger partial charge in [0.05, 0.1) is 5.56 Å². The fourth-order valence-corrected chi connectivity index (χ4v) is 2.22. The number of carbonyl (C=O) groups excluding carboxylic acids is 2. The van der Waals surface area contributed by atoms with Gasteiger partial charge in [0.15, 0.2) is 0 Å². The summed E-state index contributed by atoms with van der Waals surface area (Å²) >= 11 is 5.74. The van der Waals surface area contributed by atoms with Crippen LogP contribution in [0.1, 0.15) is 27.9 Å². The van der Waals surface area contributed by atoms with Crippen LogP contribution in [0.3, 0.4) is 0 Å². The molecule has 2 aromatic rings. The Labute approximate surface area is 153 Å². The first kappa shape index (κ1) is 19.8. The zero-order valence-corrected chi connectivity index (χ0v) is 14.3. The highest BCUT2D eigenvalue weighted by Crippen LogP contribution is 2.29. The van der Waals surface area contributed by atoms with Crippen molar-refractivity contribution in [2.24, 2.45) is 0 Å². The Hall–Kier alpha value is -2.54. The Kier molecular flexibility index (Phi) is 6.63. The fourth-order valence-electron chi connectivity index (χ4n) is 2.09. The number of benzene rings is 2. The monoisotopic (exact) mass is 384 g/mol. The molecule has 0 heterocycles. The molecule has 0 spiro atoms. The van der Waals surface area contributed by atoms with Crippen LogP contribution in [0.5, 0.6) is 0 Å². The molecule has 0 saturated heterocycles. The predicted octanol–water partition coefficient (Wildman–Crippen LogP) is 3.80. The third-order valence-corrected chi connectivity index (χ3v) is 3.77. The Bertz CT molecular complexity index is 760. The van der Waals surface area contributed by atoms with Crippen LogP contribution in [0.4, 0.5) is 13.2 Å². The van der Waals surface area contributed by atoms with E-state index in [1.165, 1.54) is 12.1 Å². The molecule has 0 unspecified atom stereocenters. The Morgan fingerprint density at radius 2 is 1.54 bits per heavy atom. The van der Waals surface area contributed by atoms with Crippen molar-refractivity contribution in [2.45, 2.75) is 19.1 Å². The van der Waals surface area contributed by atoms with Gasteiger partial charge in [0.1, 0.15) is 0 Å². The largest absolute Gasteiger partial charge is 0.416 e. The van der Waals surface area contributed by atoms with Crippen molar-refractivity contribution in [1.29, 1.82) is 0 Å². The van der Waals surface area contributed by atoms with Gasteiger partial charge in [-0.1, -0.05) is 23.7 Å². The van der Waals surface area contributed by atoms with Crippen molar-refractivity contribution in [3.8, 4) is 0 Å². The van der Waals surface area contributed by atoms with E-state index in [0.717, 1.165) is 12.1 Å². The molecule has 26 heavy (non-hydrogen) atoms. The second kappa shape index (κ2) is 8.71. The summed E-state index contributed by atoms with van der Waals surface area (Å²) in [4.78, 5) is 23.6. The zero-order valence-electron chi connectivity index (χ0n) is 13.6. The van der Waals surface area contributed by atoms with Crippen LogP contribution < -0.4 is 10.6 Å². The van der Waals surface area contributed by atoms with E-state index in [4.69, 9.17) is 11.6 Å². The van der Waals surface area contributed by atoms with Crippen molar-refractivity contribution in [2.75, 3.05) is 6.54 Å². The van der Waals surface area contributed by atoms with Crippen molar-refractivity contribution >= 4 is 23.4 Å². The Balaban J connectivity index is 1.72. The molecule has 4 nitrogen and oxygen atoms in total. The first-order valence-corrected chi connectivity index (χ1v) is 8.10. The molecular weight excluding hydrogens is 369 g/mol. The summed E-state index contributed by atoms with van der Waals surface area (Å²) in [6.07, 6.45) is -4.33. The van der Waals surface area contributed by atoms with E-state index in [-0.39, 0.29) is 31.3 Å². The molecule has 0 radical (unpaired) electrons. The average molecular weight is 385 g/mol. The zero-order chi connectivity index (χ0) is 19.2. The molecule has 0 bridgehead atoms. The van der Waals surface area contributed by atoms with E-state index in [1.54, 1.807) is 24.3 Å². The van der Waals surface area contributed by atoms with Gasteiger partial charge in [-0.15, -0.1) is 0 Å². The molecule has 2 rings (SSSR count). The molecule has 2 N–H and O–H groups in total. The molecule has 0 aliphatic heterocycles. The molecule has 0 atom stereocenters. The van der Waals surface area contributed by atoms with Gasteiger partial charge in [-0.05, 0) is 42.0 Å². The lowest BCUT2D eigenvalue weighted by Gasteiger charge is -2.09. The van der Waals surface area contributed by atoms with E-state index in [0.29, 0.717) is 16.1 Å². The maximum absolute atomic E-state index is 12.5. The lowest BCUT2D eigenvalue weighted by molar-refractivity contribution is -0.137. The Morgan fingerprint density at radius 3 is 2.12 bits per heavy atom. The van der Waals surface area contributed by atoms with Gasteiger partial charge in [-0.3, -0.25) is 9.59 Å². The minimum atomic E-state index is -4.38. The summed E-state index contributed by atoms with van der Waals surface area (Å²) in [6.45, 7) is 0.252. The molecule has 0 saturated carbocycles. The van der Waals surface area contributed by atoms with Gasteiger partial charge in [-0.2, -0.15) is 13.2 Å². The molecule has 8 heteroatoms. The topological polar surface area (TPSA) is 58.2 Å². The number of rotatable bonds is 6. The molecule has 0 aromatic heterocycles. The van der Waals surface area contributed by atoms with Crippen LogP contribution in [0.25, 0.3) is 0 Å². The Morgan fingerprint density at radius 1 is 0.923 bits per heavy atom. The number of hydrogen-bond donors (Lipinski definition) is 2. The number of amides is 2. The number of nitrogens with one attached hydrogen (secondary N) is 2. The fraction of sp³-hybridized carbons (Fsp3) is 0.222. The van der Waals surface area contributed by atoms with Crippen LogP contribution in [0, 0.1) is 0 Å². The lowest BCUT2D eigenvalue weighted by atomic mass is 10.1. The van der Waals surface area contributed by atoms with Gasteiger partial charge in [0.25, 0.3) is 5.91 Å². The summed E-state index contributed by atoms with van der Waals surface area (Å²) in [6, 6.07) is 10.9. The normalized spacial score (nSPS) is 11.1. The number of alkyl halides is 3. The maximum atomic E-state index is 12.5. The molecule has 2 aromatic carbocycles. The highest BCUT2D eigenvalue weighted by molar-refractivity contribution is 6.30. The minimum absolute atomic E-state index is 0.0555. The van der Waals surface area contributed by atoms with Crippen LogP contribution in [-0.4, -0.2) is 18.4 Å². The quantitative estimate of drug-likeness (QED) is 0.796. The van der Waals surface area contributed by atoms with Crippen LogP contribution in [0.2, 0.25) is 5.02 Å². The molecule has 0 aliphatic carbocycles. The van der Waals surface area contributed by atoms with Crippen molar-refractivity contribution in [1.82, 2.24) is 10.6 Å². The minimum Gasteiger partial charge on any atom is -0.352 e. The average Bonchev–Trinajstić information content (AvgIpc) is 2.60. The highest BCUT2D eigenvalue weighted by atomic mass is 35.5. The molecule has 0 fully saturated rings. The first-order chi connectivity index (χ1) is 12.3. The second-order valence-corrected chi connectivity index (χ2v) is 5.92. The van der Waals surface area contributed by atoms with E-state index < -0.39 is 11.7 Å². The second-order valence-electron chi connectivity index (χ2n) is 5.48. The standard InChI is InChI=1S/C18H16ClF3N2O2/c19-15-7-3-13(4-8-15)17(26)23-10-9-16(25)24-11-12-1-5-14(6-2-12)18(20,21)22/h1-8H,9-11H2,(H,23,26)(H,24,25). The SMILES string of the molecule is O=C(CCNC(=O)c1ccc(Cl)cc1)NCc1ccc(C(F)(F)F)cc1. The predicted molar refractivity (Wildman–Crippen MR) is 91.7 cm³/mol. The molecule has 138 valence electrons. The smallest absolute Gasteiger partial charge is 0.352 e. The van der Waals surface area contributed by atoms with E-state index in [2.05, 4.69) is 10.6 Å². The molecule has 2 amide bonds. The third-order valence-electron chi connectivity index (χ3n) is 3.51. The van der Waals surface area contributed by atoms with Crippen molar-refractivity contribution in [3.05, 3.63) is 70.2 Å². The molecular formula is C18H16ClF3N2O2. The highest BCUT2D eigenvalue weighted by Gasteiger charge is 2.29. The summed E-state index contributed by atoms with van der Waals surface area (Å²) in [7, 11) is 0. The van der Waals surface area contributed by atoms with Gasteiger partial charge in [0.2, 0.25) is 5.91 Å². The van der Waals surface area contributed by atoms with E-state index in [9.17, 15) is 22.8 Å². The maximum Gasteiger partial charge on any atom is 0.416 e. The van der Waals surface area contributed by atoms with Gasteiger partial charge < -0.3 is 10.6 Å². The van der Waals surface area contributed by atoms with Crippen LogP contribution in [0.15, 0.2) is 48.5 Å². The third kappa shape index (κ3) is 6.07. The van der Waals surface area contributed by atoms with Crippen LogP contribution >= 0.6 is 11.6 Å². The van der Waals surface area contributed by atoms with Crippen molar-refractivity contribution in [3.63, 3.8) is 0 Å². The number of halogens is 4. The lowest BCUT2D eigenvalue weighted by Crippen LogP contribution is -2.30. The molecule has 0 aliphatic rings. The van der Waals surface area contributed by atoms with E-state index in [1.807, 2.05) is 0 Å². The van der Waals surface area contributed by atoms with Crippen LogP contribution in [-0.2, 0) is 17.5 Å². The first-order valence-electron chi connectivity index (χ1n) is 7.72. The summed E-state index contributed by atoms with van der Waals surface area (Å²) < 4.78 is 37.4. The summed E-state index contributed by atoms with van der Waals surface area (Å²) in [5.74, 6) is -0.640. The number of hydrogen-bond acceptors (Lipinski definition) is 2. The van der Waals surface area contributed by atoms with Gasteiger partial charge in [0, 0.05) is 30.1 Å². The van der Waals surface area contributed by atoms with Gasteiger partial charge in [-0.25, -0.2) is 0 Å². The van der Waals surface area contributed by atoms with Crippen molar-refractivity contribution < 1.29 is 22.8 Å². The summed E-state index contributed by atoms with van der Waals surface area (Å²) in [5.41, 5.74) is 0.244. The van der Waals surface area contributed by atoms with Gasteiger partial charge >= 0.3 is 6.18 Å².